The van der Waals surface area contributed by atoms with Crippen LogP contribution in [0.1, 0.15) is 38.2 Å². The minimum Gasteiger partial charge on any atom is -0.207 e. The van der Waals surface area contributed by atoms with E-state index < -0.39 is 0 Å². The van der Waals surface area contributed by atoms with Crippen molar-refractivity contribution in [3.05, 3.63) is 59.9 Å². The van der Waals surface area contributed by atoms with Crippen molar-refractivity contribution in [2.24, 2.45) is 0 Å². The molecule has 94 valence electrons. The molecule has 0 fully saturated rings. The van der Waals surface area contributed by atoms with Crippen molar-refractivity contribution < 1.29 is 4.39 Å². The molecule has 0 aliphatic carbocycles. The van der Waals surface area contributed by atoms with E-state index in [4.69, 9.17) is 0 Å². The lowest BCUT2D eigenvalue weighted by molar-refractivity contribution is 0.627. The predicted octanol–water partition coefficient (Wildman–Crippen LogP) is 5.40. The Balaban J connectivity index is 2.51. The van der Waals surface area contributed by atoms with Crippen molar-refractivity contribution in [3.63, 3.8) is 0 Å². The number of hydrogen-bond acceptors (Lipinski definition) is 0. The molecule has 0 saturated carbocycles. The van der Waals surface area contributed by atoms with Crippen molar-refractivity contribution in [1.29, 1.82) is 0 Å². The van der Waals surface area contributed by atoms with Gasteiger partial charge in [0, 0.05) is 0 Å². The molecule has 0 aromatic heterocycles. The van der Waals surface area contributed by atoms with Gasteiger partial charge in [0.15, 0.2) is 0 Å². The molecule has 0 saturated heterocycles. The maximum absolute atomic E-state index is 13.3. The summed E-state index contributed by atoms with van der Waals surface area (Å²) < 4.78 is 13.3. The fourth-order valence-corrected chi connectivity index (χ4v) is 2.50. The Hall–Kier alpha value is -1.63. The van der Waals surface area contributed by atoms with E-state index in [0.717, 1.165) is 24.0 Å². The molecule has 18 heavy (non-hydrogen) atoms. The van der Waals surface area contributed by atoms with Gasteiger partial charge in [-0.3, -0.25) is 0 Å². The molecule has 0 heterocycles. The molecule has 0 aliphatic rings. The predicted molar refractivity (Wildman–Crippen MR) is 75.2 cm³/mol. The zero-order chi connectivity index (χ0) is 13.0. The van der Waals surface area contributed by atoms with Gasteiger partial charge in [-0.05, 0) is 47.6 Å². The van der Waals surface area contributed by atoms with Crippen LogP contribution < -0.4 is 0 Å². The Morgan fingerprint density at radius 1 is 0.944 bits per heavy atom. The summed E-state index contributed by atoms with van der Waals surface area (Å²) in [6.45, 7) is 4.41. The zero-order valence-electron chi connectivity index (χ0n) is 11.0. The Kier molecular flexibility index (Phi) is 4.14. The van der Waals surface area contributed by atoms with E-state index in [0.29, 0.717) is 5.92 Å². The first-order valence-electron chi connectivity index (χ1n) is 6.61. The fourth-order valence-electron chi connectivity index (χ4n) is 2.50. The van der Waals surface area contributed by atoms with Crippen LogP contribution in [0.5, 0.6) is 0 Å². The maximum atomic E-state index is 13.3. The van der Waals surface area contributed by atoms with E-state index in [1.807, 2.05) is 12.1 Å². The van der Waals surface area contributed by atoms with Gasteiger partial charge in [0.25, 0.3) is 0 Å². The Labute approximate surface area is 108 Å². The van der Waals surface area contributed by atoms with Gasteiger partial charge in [0.05, 0.1) is 0 Å². The second-order valence-electron chi connectivity index (χ2n) is 4.61. The highest BCUT2D eigenvalue weighted by molar-refractivity contribution is 5.68. The summed E-state index contributed by atoms with van der Waals surface area (Å²) in [5.41, 5.74) is 3.45. The molecule has 0 unspecified atom stereocenters. The molecule has 2 aromatic carbocycles. The number of benzene rings is 2. The quantitative estimate of drug-likeness (QED) is 0.673. The van der Waals surface area contributed by atoms with E-state index in [1.165, 1.54) is 11.6 Å². The third-order valence-electron chi connectivity index (χ3n) is 3.52. The van der Waals surface area contributed by atoms with Gasteiger partial charge in [-0.2, -0.15) is 0 Å². The van der Waals surface area contributed by atoms with Gasteiger partial charge in [0.1, 0.15) is 5.82 Å². The smallest absolute Gasteiger partial charge is 0.123 e. The fraction of sp³-hybridized carbons (Fsp3) is 0.294. The molecule has 1 heteroatoms. The van der Waals surface area contributed by atoms with Crippen LogP contribution in [0.15, 0.2) is 48.5 Å². The van der Waals surface area contributed by atoms with E-state index in [1.54, 1.807) is 12.1 Å². The lowest BCUT2D eigenvalue weighted by Crippen LogP contribution is -1.98. The van der Waals surface area contributed by atoms with Gasteiger partial charge < -0.3 is 0 Å². The van der Waals surface area contributed by atoms with Crippen molar-refractivity contribution in [1.82, 2.24) is 0 Å². The van der Waals surface area contributed by atoms with Crippen molar-refractivity contribution >= 4 is 0 Å². The molecule has 0 nitrogen and oxygen atoms in total. The summed E-state index contributed by atoms with van der Waals surface area (Å²) in [5, 5.41) is 0. The number of rotatable bonds is 4. The molecular formula is C17H19F. The molecule has 2 aromatic rings. The lowest BCUT2D eigenvalue weighted by atomic mass is 9.87. The van der Waals surface area contributed by atoms with Crippen LogP contribution in [0.2, 0.25) is 0 Å². The van der Waals surface area contributed by atoms with Crippen molar-refractivity contribution in [3.8, 4) is 11.1 Å². The van der Waals surface area contributed by atoms with Crippen molar-refractivity contribution in [2.45, 2.75) is 32.6 Å². The van der Waals surface area contributed by atoms with Gasteiger partial charge in [-0.15, -0.1) is 0 Å². The molecule has 2 rings (SSSR count). The SMILES string of the molecule is CCC(CC)c1ccccc1-c1cccc(F)c1. The highest BCUT2D eigenvalue weighted by Crippen LogP contribution is 2.32. The molecular weight excluding hydrogens is 223 g/mol. The minimum absolute atomic E-state index is 0.174. The Morgan fingerprint density at radius 3 is 2.33 bits per heavy atom. The van der Waals surface area contributed by atoms with E-state index in [9.17, 15) is 4.39 Å². The molecule has 0 aliphatic heterocycles. The average Bonchev–Trinajstić information content (AvgIpc) is 2.41. The van der Waals surface area contributed by atoms with E-state index in [2.05, 4.69) is 32.0 Å². The second-order valence-corrected chi connectivity index (χ2v) is 4.61. The molecule has 0 bridgehead atoms. The van der Waals surface area contributed by atoms with Crippen LogP contribution in [0.25, 0.3) is 11.1 Å². The summed E-state index contributed by atoms with van der Waals surface area (Å²) in [7, 11) is 0. The molecule has 0 N–H and O–H groups in total. The topological polar surface area (TPSA) is 0 Å². The first-order chi connectivity index (χ1) is 8.76. The maximum Gasteiger partial charge on any atom is 0.123 e. The summed E-state index contributed by atoms with van der Waals surface area (Å²) in [5.74, 6) is 0.372. The lowest BCUT2D eigenvalue weighted by Gasteiger charge is -2.17. The Morgan fingerprint density at radius 2 is 1.67 bits per heavy atom. The normalized spacial score (nSPS) is 10.9. The average molecular weight is 242 g/mol. The first-order valence-corrected chi connectivity index (χ1v) is 6.61. The van der Waals surface area contributed by atoms with Crippen LogP contribution in [-0.2, 0) is 0 Å². The second kappa shape index (κ2) is 5.81. The first kappa shape index (κ1) is 12.8. The van der Waals surface area contributed by atoms with Crippen LogP contribution in [0.3, 0.4) is 0 Å². The third-order valence-corrected chi connectivity index (χ3v) is 3.52. The van der Waals surface area contributed by atoms with Crippen LogP contribution >= 0.6 is 0 Å². The minimum atomic E-state index is -0.174. The van der Waals surface area contributed by atoms with Crippen LogP contribution in [-0.4, -0.2) is 0 Å². The highest BCUT2D eigenvalue weighted by Gasteiger charge is 2.12. The van der Waals surface area contributed by atoms with Gasteiger partial charge in [-0.25, -0.2) is 4.39 Å². The van der Waals surface area contributed by atoms with Gasteiger partial charge in [0.2, 0.25) is 0 Å². The monoisotopic (exact) mass is 242 g/mol. The molecule has 0 radical (unpaired) electrons. The standard InChI is InChI=1S/C17H19F/c1-3-13(4-2)16-10-5-6-11-17(16)14-8-7-9-15(18)12-14/h5-13H,3-4H2,1-2H3. The molecule has 0 atom stereocenters. The zero-order valence-corrected chi connectivity index (χ0v) is 11.0. The Bertz CT molecular complexity index is 513. The molecule has 0 amide bonds. The largest absolute Gasteiger partial charge is 0.207 e. The highest BCUT2D eigenvalue weighted by atomic mass is 19.1. The van der Waals surface area contributed by atoms with E-state index in [-0.39, 0.29) is 5.82 Å². The number of halogens is 1. The van der Waals surface area contributed by atoms with Crippen LogP contribution in [0.4, 0.5) is 4.39 Å². The summed E-state index contributed by atoms with van der Waals surface area (Å²) in [6.07, 6.45) is 2.23. The van der Waals surface area contributed by atoms with E-state index >= 15 is 0 Å². The number of hydrogen-bond donors (Lipinski definition) is 0. The van der Waals surface area contributed by atoms with Crippen LogP contribution in [0, 0.1) is 5.82 Å². The van der Waals surface area contributed by atoms with Crippen molar-refractivity contribution in [2.75, 3.05) is 0 Å². The van der Waals surface area contributed by atoms with Gasteiger partial charge >= 0.3 is 0 Å². The molecule has 0 spiro atoms. The van der Waals surface area contributed by atoms with Gasteiger partial charge in [-0.1, -0.05) is 50.2 Å². The summed E-state index contributed by atoms with van der Waals surface area (Å²) >= 11 is 0. The summed E-state index contributed by atoms with van der Waals surface area (Å²) in [4.78, 5) is 0. The summed E-state index contributed by atoms with van der Waals surface area (Å²) in [6, 6.07) is 15.2. The third kappa shape index (κ3) is 2.61.